The van der Waals surface area contributed by atoms with E-state index in [9.17, 15) is 55.9 Å². The minimum Gasteiger partial charge on any atom is -0.489 e. The molecule has 2 saturated heterocycles. The van der Waals surface area contributed by atoms with Crippen LogP contribution in [-0.2, 0) is 28.5 Å². The van der Waals surface area contributed by atoms with Crippen LogP contribution >= 0.6 is 0 Å². The Morgan fingerprint density at radius 1 is 0.721 bits per heavy atom. The molecule has 3 aliphatic heterocycles. The van der Waals surface area contributed by atoms with Crippen molar-refractivity contribution in [3.8, 4) is 0 Å². The van der Waals surface area contributed by atoms with Crippen molar-refractivity contribution in [2.75, 3.05) is 6.61 Å². The van der Waals surface area contributed by atoms with E-state index >= 15 is 0 Å². The zero-order valence-electron chi connectivity index (χ0n) is 23.5. The molecule has 43 heavy (non-hydrogen) atoms. The number of fused-ring (bicyclic) bond motifs is 1. The maximum Gasteiger partial charge on any atom is 0.229 e. The highest BCUT2D eigenvalue weighted by Gasteiger charge is 2.53. The first-order chi connectivity index (χ1) is 20.3. The third kappa shape index (κ3) is 6.44. The number of hydrogen-bond donors (Lipinski definition) is 10. The molecule has 17 atom stereocenters. The Balaban J connectivity index is 1.37. The number of ether oxygens (including phenoxy) is 5. The molecule has 16 heteroatoms. The van der Waals surface area contributed by atoms with Gasteiger partial charge in [0, 0.05) is 18.8 Å². The molecule has 2 saturated carbocycles. The van der Waals surface area contributed by atoms with Gasteiger partial charge in [-0.25, -0.2) is 0 Å². The molecule has 0 spiro atoms. The summed E-state index contributed by atoms with van der Waals surface area (Å²) in [5.41, 5.74) is 0. The highest BCUT2D eigenvalue weighted by molar-refractivity contribution is 5.97. The number of aliphatic hydroxyl groups excluding tert-OH is 10. The molecule has 0 aromatic carbocycles. The minimum absolute atomic E-state index is 0.00764. The predicted molar refractivity (Wildman–Crippen MR) is 137 cm³/mol. The number of hydrogen-bond acceptors (Lipinski definition) is 16. The zero-order chi connectivity index (χ0) is 31.3. The molecule has 0 amide bonds. The van der Waals surface area contributed by atoms with Crippen molar-refractivity contribution >= 4 is 5.78 Å². The highest BCUT2D eigenvalue weighted by Crippen LogP contribution is 2.43. The topological polar surface area (TPSA) is 266 Å². The molecule has 2 aliphatic carbocycles. The lowest BCUT2D eigenvalue weighted by Gasteiger charge is -2.45. The van der Waals surface area contributed by atoms with Crippen LogP contribution < -0.4 is 0 Å². The molecule has 4 fully saturated rings. The maximum atomic E-state index is 13.8. The molecule has 10 N–H and O–H groups in total. The second-order valence-corrected chi connectivity index (χ2v) is 12.2. The fourth-order valence-electron chi connectivity index (χ4n) is 6.51. The number of ketones is 1. The molecule has 0 radical (unpaired) electrons. The van der Waals surface area contributed by atoms with Gasteiger partial charge in [0.1, 0.15) is 54.6 Å². The summed E-state index contributed by atoms with van der Waals surface area (Å²) in [6, 6.07) is 0. The second-order valence-electron chi connectivity index (χ2n) is 12.2. The number of rotatable bonds is 6. The Hall–Kier alpha value is -1.51. The Labute approximate surface area is 246 Å². The van der Waals surface area contributed by atoms with E-state index in [0.717, 1.165) is 0 Å². The molecule has 5 rings (SSSR count). The van der Waals surface area contributed by atoms with Gasteiger partial charge in [-0.3, -0.25) is 4.79 Å². The van der Waals surface area contributed by atoms with Crippen LogP contribution in [0.15, 0.2) is 11.5 Å². The average Bonchev–Trinajstić information content (AvgIpc) is 2.96. The first-order valence-electron chi connectivity index (χ1n) is 14.6. The molecule has 246 valence electrons. The van der Waals surface area contributed by atoms with Crippen LogP contribution in [0.3, 0.4) is 0 Å². The van der Waals surface area contributed by atoms with Crippen LogP contribution in [0, 0.1) is 11.8 Å². The monoisotopic (exact) mass is 622 g/mol. The van der Waals surface area contributed by atoms with Gasteiger partial charge in [-0.1, -0.05) is 0 Å². The Kier molecular flexibility index (Phi) is 10.00. The molecule has 16 nitrogen and oxygen atoms in total. The lowest BCUT2D eigenvalue weighted by Crippen LogP contribution is -2.61. The molecule has 11 unspecified atom stereocenters. The van der Waals surface area contributed by atoms with Crippen molar-refractivity contribution < 1.29 is 79.5 Å². The molecule has 5 aliphatic rings. The molecular weight excluding hydrogens is 580 g/mol. The fourth-order valence-corrected chi connectivity index (χ4v) is 6.51. The summed E-state index contributed by atoms with van der Waals surface area (Å²) >= 11 is 0. The highest BCUT2D eigenvalue weighted by atomic mass is 16.7. The third-order valence-corrected chi connectivity index (χ3v) is 9.15. The predicted octanol–water partition coefficient (Wildman–Crippen LogP) is -4.51. The number of Topliss-reactive ketones (excluding diaryl/α,β-unsaturated/α-hetero) is 1. The first-order valence-corrected chi connectivity index (χ1v) is 14.6. The van der Waals surface area contributed by atoms with Gasteiger partial charge >= 0.3 is 0 Å². The number of carbonyl (C=O) groups is 1. The van der Waals surface area contributed by atoms with Crippen LogP contribution in [0.5, 0.6) is 0 Å². The van der Waals surface area contributed by atoms with E-state index in [-0.39, 0.29) is 31.4 Å². The van der Waals surface area contributed by atoms with Crippen molar-refractivity contribution in [2.45, 2.75) is 131 Å². The van der Waals surface area contributed by atoms with Crippen LogP contribution in [0.2, 0.25) is 0 Å². The summed E-state index contributed by atoms with van der Waals surface area (Å²) in [7, 11) is 0. The van der Waals surface area contributed by atoms with Gasteiger partial charge < -0.3 is 74.7 Å². The quantitative estimate of drug-likeness (QED) is 0.134. The fraction of sp³-hybridized carbons (Fsp3) is 0.889. The SMILES string of the molecule is CC1O[C@@H](OCC2O[C@@H](OC3=C(C4CCC(O)C(O)C4)OC4CC(O)CC(O)C4C3=O)C(O)[C@H](O)[C@@H]2O)C(O)[C@@H](O)[C@H]1O. The second kappa shape index (κ2) is 13.1. The van der Waals surface area contributed by atoms with E-state index in [0.29, 0.717) is 6.42 Å². The zero-order valence-corrected chi connectivity index (χ0v) is 23.5. The first kappa shape index (κ1) is 32.9. The summed E-state index contributed by atoms with van der Waals surface area (Å²) < 4.78 is 28.5. The Morgan fingerprint density at radius 3 is 2.09 bits per heavy atom. The Bertz CT molecular complexity index is 1020. The van der Waals surface area contributed by atoms with Gasteiger partial charge in [-0.05, 0) is 26.2 Å². The van der Waals surface area contributed by atoms with Crippen molar-refractivity contribution in [2.24, 2.45) is 11.8 Å². The van der Waals surface area contributed by atoms with E-state index in [1.54, 1.807) is 0 Å². The van der Waals surface area contributed by atoms with Gasteiger partial charge in [-0.15, -0.1) is 0 Å². The van der Waals surface area contributed by atoms with Crippen LogP contribution in [0.4, 0.5) is 0 Å². The molecule has 0 bridgehead atoms. The van der Waals surface area contributed by atoms with Gasteiger partial charge in [-0.2, -0.15) is 0 Å². The number of aliphatic hydroxyl groups is 10. The number of allylic oxidation sites excluding steroid dienone is 2. The van der Waals surface area contributed by atoms with Crippen LogP contribution in [-0.4, -0.2) is 155 Å². The van der Waals surface area contributed by atoms with Gasteiger partial charge in [0.05, 0.1) is 43.0 Å². The van der Waals surface area contributed by atoms with E-state index in [4.69, 9.17) is 23.7 Å². The lowest BCUT2D eigenvalue weighted by molar-refractivity contribution is -0.324. The van der Waals surface area contributed by atoms with E-state index in [1.165, 1.54) is 6.92 Å². The lowest BCUT2D eigenvalue weighted by atomic mass is 9.75. The summed E-state index contributed by atoms with van der Waals surface area (Å²) in [5.74, 6) is -2.86. The van der Waals surface area contributed by atoms with E-state index in [2.05, 4.69) is 0 Å². The van der Waals surface area contributed by atoms with E-state index in [1.807, 2.05) is 0 Å². The Morgan fingerprint density at radius 2 is 1.40 bits per heavy atom. The van der Waals surface area contributed by atoms with Gasteiger partial charge in [0.15, 0.2) is 6.29 Å². The van der Waals surface area contributed by atoms with Gasteiger partial charge in [0.25, 0.3) is 0 Å². The smallest absolute Gasteiger partial charge is 0.229 e. The van der Waals surface area contributed by atoms with E-state index < -0.39 is 122 Å². The summed E-state index contributed by atoms with van der Waals surface area (Å²) in [6.45, 7) is 0.896. The largest absolute Gasteiger partial charge is 0.489 e. The summed E-state index contributed by atoms with van der Waals surface area (Å²) in [6.07, 6.45) is -20.3. The minimum atomic E-state index is -1.88. The van der Waals surface area contributed by atoms with Gasteiger partial charge in [0.2, 0.25) is 17.8 Å². The number of carbonyl (C=O) groups excluding carboxylic acids is 1. The van der Waals surface area contributed by atoms with Crippen molar-refractivity contribution in [1.82, 2.24) is 0 Å². The molecular formula is C27H42O16. The normalized spacial score (nSPS) is 51.0. The third-order valence-electron chi connectivity index (χ3n) is 9.15. The molecule has 0 aromatic heterocycles. The van der Waals surface area contributed by atoms with Crippen molar-refractivity contribution in [3.05, 3.63) is 11.5 Å². The molecule has 3 heterocycles. The van der Waals surface area contributed by atoms with Crippen molar-refractivity contribution in [1.29, 1.82) is 0 Å². The van der Waals surface area contributed by atoms with Crippen LogP contribution in [0.1, 0.15) is 39.0 Å². The standard InChI is InChI=1S/C27H42O16/c1-8-17(32)20(35)22(37)26(40-8)39-7-15-18(33)21(36)23(38)27(42-15)43-25-19(34)16-13(31)5-10(28)6-14(16)41-24(25)9-2-3-11(29)12(30)4-9/h8-18,20-23,26-33,35-38H,2-7H2,1H3/t8?,9?,10?,11?,12?,13?,14?,15?,16?,17-,18+,20-,21+,22?,23?,26+,27-/m0/s1. The van der Waals surface area contributed by atoms with Crippen molar-refractivity contribution in [3.63, 3.8) is 0 Å². The van der Waals surface area contributed by atoms with Crippen LogP contribution in [0.25, 0.3) is 0 Å². The summed E-state index contributed by atoms with van der Waals surface area (Å²) in [4.78, 5) is 13.8. The maximum absolute atomic E-state index is 13.8. The molecule has 0 aromatic rings. The summed E-state index contributed by atoms with van der Waals surface area (Å²) in [5, 5.41) is 103. The average molecular weight is 623 g/mol.